The van der Waals surface area contributed by atoms with E-state index >= 15 is 0 Å². The van der Waals surface area contributed by atoms with Gasteiger partial charge in [0.05, 0.1) is 11.4 Å². The molecule has 1 aromatic rings. The van der Waals surface area contributed by atoms with E-state index in [9.17, 15) is 9.59 Å². The summed E-state index contributed by atoms with van der Waals surface area (Å²) in [6.07, 6.45) is -0.149. The summed E-state index contributed by atoms with van der Waals surface area (Å²) in [5.74, 6) is -0.538. The Hall–Kier alpha value is -1.95. The van der Waals surface area contributed by atoms with E-state index in [1.54, 1.807) is 6.92 Å². The average Bonchev–Trinajstić information content (AvgIpc) is 2.37. The summed E-state index contributed by atoms with van der Waals surface area (Å²) >= 11 is 6.03. The number of nitrogens with one attached hydrogen (secondary N) is 1. The fourth-order valence-electron chi connectivity index (χ4n) is 1.86. The fraction of sp³-hybridized carbons (Fsp3) is 0.385. The number of carboxylic acids is 1. The molecular weight excluding hydrogens is 286 g/mol. The van der Waals surface area contributed by atoms with Gasteiger partial charge in [0.2, 0.25) is 0 Å². The molecule has 7 heteroatoms. The van der Waals surface area contributed by atoms with Crippen LogP contribution in [0.15, 0.2) is 12.1 Å². The molecule has 1 aromatic carbocycles. The van der Waals surface area contributed by atoms with Crippen LogP contribution in [0, 0.1) is 0 Å². The van der Waals surface area contributed by atoms with Crippen molar-refractivity contribution in [1.82, 2.24) is 5.32 Å². The molecule has 0 fully saturated rings. The molecule has 20 heavy (non-hydrogen) atoms. The second kappa shape index (κ2) is 6.00. The first-order valence-corrected chi connectivity index (χ1v) is 6.47. The molecule has 1 atom stereocenters. The van der Waals surface area contributed by atoms with Crippen LogP contribution in [0.3, 0.4) is 0 Å². The molecule has 1 unspecified atom stereocenters. The van der Waals surface area contributed by atoms with Crippen molar-refractivity contribution in [1.29, 1.82) is 0 Å². The lowest BCUT2D eigenvalue weighted by Crippen LogP contribution is -2.34. The Morgan fingerprint density at radius 2 is 2.10 bits per heavy atom. The van der Waals surface area contributed by atoms with Gasteiger partial charge in [0.1, 0.15) is 13.2 Å². The number of benzene rings is 1. The van der Waals surface area contributed by atoms with Gasteiger partial charge in [0.25, 0.3) is 5.91 Å². The average molecular weight is 300 g/mol. The highest BCUT2D eigenvalue weighted by Gasteiger charge is 2.20. The number of ether oxygens (including phenoxy) is 2. The number of aliphatic carboxylic acids is 1. The highest BCUT2D eigenvalue weighted by atomic mass is 35.5. The highest BCUT2D eigenvalue weighted by Crippen LogP contribution is 2.38. The van der Waals surface area contributed by atoms with Crippen molar-refractivity contribution in [2.24, 2.45) is 0 Å². The van der Waals surface area contributed by atoms with Crippen LogP contribution < -0.4 is 14.8 Å². The van der Waals surface area contributed by atoms with Gasteiger partial charge in [-0.3, -0.25) is 9.59 Å². The third-order valence-electron chi connectivity index (χ3n) is 2.72. The number of carbonyl (C=O) groups is 2. The molecule has 0 saturated heterocycles. The van der Waals surface area contributed by atoms with E-state index in [2.05, 4.69) is 5.32 Å². The Morgan fingerprint density at radius 1 is 1.40 bits per heavy atom. The molecule has 0 aliphatic carbocycles. The maximum atomic E-state index is 12.0. The second-order valence-electron chi connectivity index (χ2n) is 4.45. The van der Waals surface area contributed by atoms with Crippen LogP contribution in [0.25, 0.3) is 0 Å². The predicted molar refractivity (Wildman–Crippen MR) is 71.6 cm³/mol. The van der Waals surface area contributed by atoms with Crippen LogP contribution in [-0.4, -0.2) is 36.2 Å². The molecule has 2 N–H and O–H groups in total. The zero-order valence-electron chi connectivity index (χ0n) is 10.8. The van der Waals surface area contributed by atoms with Gasteiger partial charge < -0.3 is 19.9 Å². The molecule has 1 amide bonds. The number of rotatable bonds is 4. The summed E-state index contributed by atoms with van der Waals surface area (Å²) in [5, 5.41) is 11.5. The quantitative estimate of drug-likeness (QED) is 0.884. The van der Waals surface area contributed by atoms with Gasteiger partial charge in [-0.2, -0.15) is 0 Å². The Kier molecular flexibility index (Phi) is 4.34. The minimum absolute atomic E-state index is 0.149. The molecule has 1 aliphatic rings. The van der Waals surface area contributed by atoms with Crippen LogP contribution in [0.4, 0.5) is 0 Å². The number of carboxylic acid groups (broad SMARTS) is 1. The largest absolute Gasteiger partial charge is 0.486 e. The van der Waals surface area contributed by atoms with Crippen molar-refractivity contribution in [2.45, 2.75) is 19.4 Å². The lowest BCUT2D eigenvalue weighted by molar-refractivity contribution is -0.137. The van der Waals surface area contributed by atoms with E-state index in [0.717, 1.165) is 0 Å². The zero-order valence-corrected chi connectivity index (χ0v) is 11.6. The SMILES string of the molecule is CC(CC(=O)O)NC(=O)c1cc(Cl)c2c(c1)OCCO2. The van der Waals surface area contributed by atoms with E-state index in [1.165, 1.54) is 12.1 Å². The maximum Gasteiger partial charge on any atom is 0.305 e. The van der Waals surface area contributed by atoms with Crippen LogP contribution in [0.2, 0.25) is 5.02 Å². The van der Waals surface area contributed by atoms with Gasteiger partial charge in [-0.15, -0.1) is 0 Å². The Balaban J connectivity index is 2.14. The van der Waals surface area contributed by atoms with Crippen molar-refractivity contribution in [3.63, 3.8) is 0 Å². The number of halogens is 1. The van der Waals surface area contributed by atoms with Crippen molar-refractivity contribution >= 4 is 23.5 Å². The van der Waals surface area contributed by atoms with Gasteiger partial charge in [-0.25, -0.2) is 0 Å². The van der Waals surface area contributed by atoms with Gasteiger partial charge in [-0.05, 0) is 19.1 Å². The Labute approximate surface area is 120 Å². The van der Waals surface area contributed by atoms with Gasteiger partial charge in [0.15, 0.2) is 11.5 Å². The summed E-state index contributed by atoms with van der Waals surface area (Å²) < 4.78 is 10.7. The minimum Gasteiger partial charge on any atom is -0.486 e. The number of hydrogen-bond donors (Lipinski definition) is 2. The fourth-order valence-corrected chi connectivity index (χ4v) is 2.13. The van der Waals surface area contributed by atoms with Gasteiger partial charge in [0, 0.05) is 11.6 Å². The van der Waals surface area contributed by atoms with E-state index in [0.29, 0.717) is 35.3 Å². The zero-order chi connectivity index (χ0) is 14.7. The van der Waals surface area contributed by atoms with Gasteiger partial charge >= 0.3 is 5.97 Å². The van der Waals surface area contributed by atoms with Crippen molar-refractivity contribution in [3.8, 4) is 11.5 Å². The monoisotopic (exact) mass is 299 g/mol. The summed E-state index contributed by atoms with van der Waals surface area (Å²) in [6, 6.07) is 2.52. The third-order valence-corrected chi connectivity index (χ3v) is 3.00. The van der Waals surface area contributed by atoms with Crippen LogP contribution in [-0.2, 0) is 4.79 Å². The lowest BCUT2D eigenvalue weighted by atomic mass is 10.1. The van der Waals surface area contributed by atoms with Crippen LogP contribution in [0.5, 0.6) is 11.5 Å². The summed E-state index contributed by atoms with van der Waals surface area (Å²) in [6.45, 7) is 2.42. The van der Waals surface area contributed by atoms with Crippen LogP contribution >= 0.6 is 11.6 Å². The first kappa shape index (κ1) is 14.5. The summed E-state index contributed by atoms with van der Waals surface area (Å²) in [7, 11) is 0. The molecule has 2 rings (SSSR count). The number of amides is 1. The molecule has 0 aromatic heterocycles. The van der Waals surface area contributed by atoms with Crippen molar-refractivity contribution in [3.05, 3.63) is 22.7 Å². The number of carbonyl (C=O) groups excluding carboxylic acids is 1. The topological polar surface area (TPSA) is 84.9 Å². The molecule has 0 saturated carbocycles. The molecule has 6 nitrogen and oxygen atoms in total. The summed E-state index contributed by atoms with van der Waals surface area (Å²) in [4.78, 5) is 22.6. The van der Waals surface area contributed by atoms with E-state index < -0.39 is 17.9 Å². The molecule has 0 bridgehead atoms. The molecule has 108 valence electrons. The maximum absolute atomic E-state index is 12.0. The predicted octanol–water partition coefficient (Wildman–Crippen LogP) is 1.70. The first-order valence-electron chi connectivity index (χ1n) is 6.09. The molecule has 0 spiro atoms. The second-order valence-corrected chi connectivity index (χ2v) is 4.86. The minimum atomic E-state index is -0.974. The highest BCUT2D eigenvalue weighted by molar-refractivity contribution is 6.32. The van der Waals surface area contributed by atoms with Gasteiger partial charge in [-0.1, -0.05) is 11.6 Å². The lowest BCUT2D eigenvalue weighted by Gasteiger charge is -2.20. The standard InChI is InChI=1S/C13H14ClNO5/c1-7(4-11(16)17)15-13(18)8-5-9(14)12-10(6-8)19-2-3-20-12/h5-7H,2-4H2,1H3,(H,15,18)(H,16,17). The van der Waals surface area contributed by atoms with Crippen molar-refractivity contribution < 1.29 is 24.2 Å². The molecule has 0 radical (unpaired) electrons. The summed E-state index contributed by atoms with van der Waals surface area (Å²) in [5.41, 5.74) is 0.302. The number of hydrogen-bond acceptors (Lipinski definition) is 4. The van der Waals surface area contributed by atoms with Crippen LogP contribution in [0.1, 0.15) is 23.7 Å². The molecule has 1 heterocycles. The van der Waals surface area contributed by atoms with Crippen molar-refractivity contribution in [2.75, 3.05) is 13.2 Å². The third kappa shape index (κ3) is 3.33. The first-order chi connectivity index (χ1) is 9.47. The molecule has 1 aliphatic heterocycles. The number of fused-ring (bicyclic) bond motifs is 1. The smallest absolute Gasteiger partial charge is 0.305 e. The van der Waals surface area contributed by atoms with E-state index in [4.69, 9.17) is 26.2 Å². The Morgan fingerprint density at radius 3 is 2.80 bits per heavy atom. The molecular formula is C13H14ClNO5. The normalized spacial score (nSPS) is 14.5. The van der Waals surface area contributed by atoms with E-state index in [1.807, 2.05) is 0 Å². The Bertz CT molecular complexity index is 546. The van der Waals surface area contributed by atoms with E-state index in [-0.39, 0.29) is 6.42 Å².